The quantitative estimate of drug-likeness (QED) is 0.810. The van der Waals surface area contributed by atoms with Gasteiger partial charge in [-0.2, -0.15) is 0 Å². The van der Waals surface area contributed by atoms with Crippen LogP contribution in [-0.4, -0.2) is 39.5 Å². The van der Waals surface area contributed by atoms with E-state index < -0.39 is 16.1 Å². The second-order valence-electron chi connectivity index (χ2n) is 6.06. The Bertz CT molecular complexity index is 944. The van der Waals surface area contributed by atoms with E-state index in [1.807, 2.05) is 37.4 Å². The zero-order valence-electron chi connectivity index (χ0n) is 14.7. The van der Waals surface area contributed by atoms with E-state index in [4.69, 9.17) is 4.74 Å². The van der Waals surface area contributed by atoms with E-state index in [1.54, 1.807) is 18.2 Å². The third-order valence-electron chi connectivity index (χ3n) is 4.04. The highest BCUT2D eigenvalue weighted by atomic mass is 32.2. The Morgan fingerprint density at radius 3 is 2.69 bits per heavy atom. The number of aryl methyl sites for hydroxylation is 1. The molecule has 1 atom stereocenters. The summed E-state index contributed by atoms with van der Waals surface area (Å²) in [6, 6.07) is 12.7. The fraction of sp³-hybridized carbons (Fsp3) is 0.278. The summed E-state index contributed by atoms with van der Waals surface area (Å²) in [5.41, 5.74) is 2.05. The van der Waals surface area contributed by atoms with E-state index in [-0.39, 0.29) is 12.5 Å². The van der Waals surface area contributed by atoms with Crippen LogP contribution >= 0.6 is 11.8 Å². The minimum Gasteiger partial charge on any atom is -0.476 e. The fourth-order valence-corrected chi connectivity index (χ4v) is 4.23. The van der Waals surface area contributed by atoms with E-state index in [0.29, 0.717) is 17.1 Å². The van der Waals surface area contributed by atoms with Crippen molar-refractivity contribution in [1.82, 2.24) is 0 Å². The molecule has 0 saturated carbocycles. The van der Waals surface area contributed by atoms with Crippen molar-refractivity contribution in [1.29, 1.82) is 0 Å². The number of para-hydroxylation sites is 1. The van der Waals surface area contributed by atoms with Crippen molar-refractivity contribution >= 4 is 39.1 Å². The molecule has 2 aromatic rings. The zero-order chi connectivity index (χ0) is 18.9. The van der Waals surface area contributed by atoms with Gasteiger partial charge in [-0.15, -0.1) is 11.8 Å². The number of carbonyl (C=O) groups excluding carboxylic acids is 1. The van der Waals surface area contributed by atoms with Crippen molar-refractivity contribution in [2.24, 2.45) is 0 Å². The molecule has 0 spiro atoms. The second kappa shape index (κ2) is 7.20. The number of amides is 1. The molecule has 1 N–H and O–H groups in total. The van der Waals surface area contributed by atoms with Gasteiger partial charge in [-0.1, -0.05) is 18.2 Å². The number of nitrogens with zero attached hydrogens (tertiary/aromatic N) is 1. The maximum Gasteiger partial charge on any atom is 0.267 e. The van der Waals surface area contributed by atoms with Crippen LogP contribution in [0.3, 0.4) is 0 Å². The van der Waals surface area contributed by atoms with Gasteiger partial charge in [-0.3, -0.25) is 9.10 Å². The number of nitrogens with one attached hydrogen (secondary N) is 1. The predicted molar refractivity (Wildman–Crippen MR) is 105 cm³/mol. The summed E-state index contributed by atoms with van der Waals surface area (Å²) in [6.45, 7) is 1.81. The number of sulfonamides is 1. The molecule has 1 aliphatic rings. The Morgan fingerprint density at radius 2 is 2.00 bits per heavy atom. The molecule has 8 heteroatoms. The van der Waals surface area contributed by atoms with Crippen LogP contribution in [0.4, 0.5) is 11.4 Å². The molecule has 6 nitrogen and oxygen atoms in total. The lowest BCUT2D eigenvalue weighted by Gasteiger charge is -2.34. The molecule has 0 aromatic heterocycles. The number of ether oxygens (including phenoxy) is 1. The Balaban J connectivity index is 1.90. The maximum atomic E-state index is 12.7. The molecule has 0 saturated heterocycles. The van der Waals surface area contributed by atoms with E-state index in [9.17, 15) is 13.2 Å². The average molecular weight is 393 g/mol. The van der Waals surface area contributed by atoms with Gasteiger partial charge < -0.3 is 10.1 Å². The van der Waals surface area contributed by atoms with Crippen LogP contribution < -0.4 is 14.4 Å². The first kappa shape index (κ1) is 18.6. The van der Waals surface area contributed by atoms with Gasteiger partial charge in [-0.25, -0.2) is 8.42 Å². The molecule has 2 aromatic carbocycles. The third-order valence-corrected chi connectivity index (χ3v) is 5.98. The lowest BCUT2D eigenvalue weighted by Crippen LogP contribution is -2.48. The average Bonchev–Trinajstić information content (AvgIpc) is 2.60. The van der Waals surface area contributed by atoms with Crippen LogP contribution in [0.15, 0.2) is 47.4 Å². The molecule has 1 aliphatic heterocycles. The summed E-state index contributed by atoms with van der Waals surface area (Å²) in [6.07, 6.45) is 2.11. The van der Waals surface area contributed by atoms with Crippen molar-refractivity contribution in [3.63, 3.8) is 0 Å². The number of benzene rings is 2. The summed E-state index contributed by atoms with van der Waals surface area (Å²) in [5, 5.41) is 2.84. The Hall–Kier alpha value is -2.19. The topological polar surface area (TPSA) is 75.7 Å². The molecule has 0 fully saturated rings. The summed E-state index contributed by atoms with van der Waals surface area (Å²) in [7, 11) is -3.54. The highest BCUT2D eigenvalue weighted by molar-refractivity contribution is 7.98. The molecule has 138 valence electrons. The Kier molecular flexibility index (Phi) is 5.15. The highest BCUT2D eigenvalue weighted by Crippen LogP contribution is 2.36. The van der Waals surface area contributed by atoms with Crippen LogP contribution in [0.2, 0.25) is 0 Å². The third kappa shape index (κ3) is 3.81. The van der Waals surface area contributed by atoms with Gasteiger partial charge in [0.05, 0.1) is 24.2 Å². The summed E-state index contributed by atoms with van der Waals surface area (Å²) < 4.78 is 31.5. The number of carbonyl (C=O) groups is 1. The Labute approximate surface area is 157 Å². The van der Waals surface area contributed by atoms with Crippen LogP contribution in [0.5, 0.6) is 5.75 Å². The lowest BCUT2D eigenvalue weighted by atomic mass is 10.1. The number of fused-ring (bicyclic) bond motifs is 1. The van der Waals surface area contributed by atoms with Crippen molar-refractivity contribution in [2.45, 2.75) is 17.9 Å². The van der Waals surface area contributed by atoms with Crippen molar-refractivity contribution in [3.05, 3.63) is 48.0 Å². The molecule has 1 heterocycles. The van der Waals surface area contributed by atoms with Gasteiger partial charge in [0.2, 0.25) is 10.0 Å². The van der Waals surface area contributed by atoms with E-state index in [0.717, 1.165) is 16.7 Å². The van der Waals surface area contributed by atoms with Crippen LogP contribution in [0, 0.1) is 6.92 Å². The largest absolute Gasteiger partial charge is 0.476 e. The molecule has 1 amide bonds. The maximum absolute atomic E-state index is 12.7. The monoisotopic (exact) mass is 392 g/mol. The molecule has 0 aliphatic carbocycles. The van der Waals surface area contributed by atoms with Crippen LogP contribution in [0.25, 0.3) is 0 Å². The molecular weight excluding hydrogens is 372 g/mol. The minimum absolute atomic E-state index is 0.0669. The highest BCUT2D eigenvalue weighted by Gasteiger charge is 2.35. The van der Waals surface area contributed by atoms with Gasteiger partial charge >= 0.3 is 0 Å². The number of hydrogen-bond donors (Lipinski definition) is 1. The summed E-state index contributed by atoms with van der Waals surface area (Å²) >= 11 is 1.52. The number of rotatable bonds is 4. The molecule has 0 unspecified atom stereocenters. The van der Waals surface area contributed by atoms with Crippen molar-refractivity contribution < 1.29 is 17.9 Å². The summed E-state index contributed by atoms with van der Waals surface area (Å²) in [5.74, 6) is -0.00282. The smallest absolute Gasteiger partial charge is 0.267 e. The lowest BCUT2D eigenvalue weighted by molar-refractivity contribution is -0.122. The van der Waals surface area contributed by atoms with Gasteiger partial charge in [0.25, 0.3) is 5.91 Å². The van der Waals surface area contributed by atoms with Crippen LogP contribution in [-0.2, 0) is 14.8 Å². The van der Waals surface area contributed by atoms with Crippen molar-refractivity contribution in [3.8, 4) is 5.75 Å². The number of anilines is 2. The first-order chi connectivity index (χ1) is 12.3. The normalized spacial score (nSPS) is 16.6. The first-order valence-electron chi connectivity index (χ1n) is 7.98. The molecule has 0 radical (unpaired) electrons. The summed E-state index contributed by atoms with van der Waals surface area (Å²) in [4.78, 5) is 13.6. The second-order valence-corrected chi connectivity index (χ2v) is 8.82. The van der Waals surface area contributed by atoms with Gasteiger partial charge in [0.1, 0.15) is 5.75 Å². The number of thioether (sulfide) groups is 1. The zero-order valence-corrected chi connectivity index (χ0v) is 16.4. The fourth-order valence-electron chi connectivity index (χ4n) is 2.77. The van der Waals surface area contributed by atoms with Crippen LogP contribution in [0.1, 0.15) is 5.56 Å². The van der Waals surface area contributed by atoms with Gasteiger partial charge in [0.15, 0.2) is 6.10 Å². The molecule has 0 bridgehead atoms. The van der Waals surface area contributed by atoms with E-state index in [2.05, 4.69) is 5.32 Å². The number of hydrogen-bond acceptors (Lipinski definition) is 5. The van der Waals surface area contributed by atoms with Crippen molar-refractivity contribution in [2.75, 3.05) is 28.7 Å². The van der Waals surface area contributed by atoms with Gasteiger partial charge in [0, 0.05) is 4.90 Å². The van der Waals surface area contributed by atoms with E-state index in [1.165, 1.54) is 16.1 Å². The minimum atomic E-state index is -3.54. The molecule has 3 rings (SSSR count). The SMILES string of the molecule is CSc1ccccc1NC(=O)[C@@H]1CN(S(C)(=O)=O)c2cc(C)ccc2O1. The molecular formula is C18H20N2O4S2. The first-order valence-corrected chi connectivity index (χ1v) is 11.1. The standard InChI is InChI=1S/C18H20N2O4S2/c1-12-8-9-15-14(10-12)20(26(3,22)23)11-16(24-15)18(21)19-13-6-4-5-7-17(13)25-2/h4-10,16H,11H2,1-3H3,(H,19,21)/t16-/m0/s1. The predicted octanol–water partition coefficient (Wildman–Crippen LogP) is 2.88. The van der Waals surface area contributed by atoms with E-state index >= 15 is 0 Å². The Morgan fingerprint density at radius 1 is 1.27 bits per heavy atom. The molecule has 26 heavy (non-hydrogen) atoms. The van der Waals surface area contributed by atoms with Gasteiger partial charge in [-0.05, 0) is 43.0 Å².